The fraction of sp³-hybridized carbons (Fsp3) is 0.429. The largest absolute Gasteiger partial charge is 0.493 e. The van der Waals surface area contributed by atoms with Crippen LogP contribution in [-0.2, 0) is 6.54 Å². The molecule has 2 heterocycles. The van der Waals surface area contributed by atoms with Crippen LogP contribution in [0.25, 0.3) is 0 Å². The number of nitrogens with zero attached hydrogens (tertiary/aromatic N) is 2. The molecule has 3 rings (SSSR count). The molecule has 0 spiro atoms. The van der Waals surface area contributed by atoms with Crippen molar-refractivity contribution in [1.29, 1.82) is 0 Å². The van der Waals surface area contributed by atoms with Gasteiger partial charge in [-0.3, -0.25) is 4.79 Å². The second kappa shape index (κ2) is 8.75. The van der Waals surface area contributed by atoms with Crippen LogP contribution in [-0.4, -0.2) is 38.2 Å². The number of carbonyl (C=O) groups is 1. The van der Waals surface area contributed by atoms with Crippen LogP contribution in [0.4, 0.5) is 5.82 Å². The van der Waals surface area contributed by atoms with Gasteiger partial charge in [0.2, 0.25) is 0 Å². The molecule has 1 saturated heterocycles. The van der Waals surface area contributed by atoms with Crippen LogP contribution in [0.2, 0.25) is 0 Å². The average Bonchev–Trinajstić information content (AvgIpc) is 2.72. The lowest BCUT2D eigenvalue weighted by molar-refractivity contribution is 0.0950. The number of nitrogens with one attached hydrogen (secondary N) is 1. The molecule has 0 radical (unpaired) electrons. The van der Waals surface area contributed by atoms with Gasteiger partial charge in [0, 0.05) is 31.4 Å². The van der Waals surface area contributed by atoms with Crippen molar-refractivity contribution in [2.45, 2.75) is 26.3 Å². The molecule has 1 aromatic heterocycles. The van der Waals surface area contributed by atoms with E-state index in [0.29, 0.717) is 23.6 Å². The molecule has 0 aliphatic carbocycles. The van der Waals surface area contributed by atoms with Crippen LogP contribution in [0, 0.1) is 5.92 Å². The summed E-state index contributed by atoms with van der Waals surface area (Å²) in [6, 6.07) is 9.24. The first-order valence-corrected chi connectivity index (χ1v) is 9.31. The second-order valence-electron chi connectivity index (χ2n) is 6.94. The number of pyridine rings is 1. The first kappa shape index (κ1) is 19.0. The van der Waals surface area contributed by atoms with Crippen molar-refractivity contribution in [3.63, 3.8) is 0 Å². The summed E-state index contributed by atoms with van der Waals surface area (Å²) >= 11 is 0. The Balaban J connectivity index is 1.64. The minimum absolute atomic E-state index is 0.112. The van der Waals surface area contributed by atoms with Gasteiger partial charge in [-0.05, 0) is 48.6 Å². The minimum atomic E-state index is -0.112. The third kappa shape index (κ3) is 4.70. The highest BCUT2D eigenvalue weighted by Gasteiger charge is 2.18. The molecule has 1 aromatic carbocycles. The van der Waals surface area contributed by atoms with E-state index < -0.39 is 0 Å². The minimum Gasteiger partial charge on any atom is -0.493 e. The number of methoxy groups -OCH3 is 2. The van der Waals surface area contributed by atoms with Crippen molar-refractivity contribution in [3.8, 4) is 11.5 Å². The lowest BCUT2D eigenvalue weighted by Gasteiger charge is -2.31. The standard InChI is InChI=1S/C21H27N3O3/c1-15-7-10-24(11-8-15)20-13-17(6-9-22-20)21(25)23-14-16-4-5-18(26-2)19(12-16)27-3/h4-6,9,12-13,15H,7-8,10-11,14H2,1-3H3,(H,23,25). The SMILES string of the molecule is COc1ccc(CNC(=O)c2ccnc(N3CCC(C)CC3)c2)cc1OC. The smallest absolute Gasteiger partial charge is 0.251 e. The molecule has 0 bridgehead atoms. The number of carbonyl (C=O) groups excluding carboxylic acids is 1. The van der Waals surface area contributed by atoms with Crippen LogP contribution in [0.3, 0.4) is 0 Å². The van der Waals surface area contributed by atoms with E-state index in [2.05, 4.69) is 22.1 Å². The zero-order valence-corrected chi connectivity index (χ0v) is 16.2. The van der Waals surface area contributed by atoms with E-state index in [0.717, 1.165) is 43.2 Å². The predicted molar refractivity (Wildman–Crippen MR) is 106 cm³/mol. The number of amides is 1. The lowest BCUT2D eigenvalue weighted by Crippen LogP contribution is -2.33. The quantitative estimate of drug-likeness (QED) is 0.847. The van der Waals surface area contributed by atoms with E-state index in [1.165, 1.54) is 0 Å². The summed E-state index contributed by atoms with van der Waals surface area (Å²) in [6.07, 6.45) is 4.04. The van der Waals surface area contributed by atoms with Crippen LogP contribution in [0.1, 0.15) is 35.7 Å². The molecule has 0 unspecified atom stereocenters. The molecule has 6 nitrogen and oxygen atoms in total. The lowest BCUT2D eigenvalue weighted by atomic mass is 9.99. The van der Waals surface area contributed by atoms with Gasteiger partial charge < -0.3 is 19.7 Å². The van der Waals surface area contributed by atoms with Crippen LogP contribution >= 0.6 is 0 Å². The van der Waals surface area contributed by atoms with Gasteiger partial charge in [0.05, 0.1) is 14.2 Å². The average molecular weight is 369 g/mol. The molecule has 1 N–H and O–H groups in total. The maximum absolute atomic E-state index is 12.6. The molecule has 2 aromatic rings. The second-order valence-corrected chi connectivity index (χ2v) is 6.94. The Kier molecular flexibility index (Phi) is 6.16. The van der Waals surface area contributed by atoms with Gasteiger partial charge >= 0.3 is 0 Å². The Labute approximate surface area is 160 Å². The number of ether oxygens (including phenoxy) is 2. The van der Waals surface area contributed by atoms with Crippen LogP contribution in [0.5, 0.6) is 11.5 Å². The van der Waals surface area contributed by atoms with Crippen LogP contribution in [0.15, 0.2) is 36.5 Å². The van der Waals surface area contributed by atoms with E-state index in [-0.39, 0.29) is 5.91 Å². The molecule has 0 saturated carbocycles. The van der Waals surface area contributed by atoms with Crippen molar-refractivity contribution < 1.29 is 14.3 Å². The maximum atomic E-state index is 12.6. The number of benzene rings is 1. The highest BCUT2D eigenvalue weighted by Crippen LogP contribution is 2.27. The van der Waals surface area contributed by atoms with E-state index in [9.17, 15) is 4.79 Å². The molecule has 1 aliphatic heterocycles. The highest BCUT2D eigenvalue weighted by atomic mass is 16.5. The molecule has 27 heavy (non-hydrogen) atoms. The van der Waals surface area contributed by atoms with Gasteiger partial charge in [-0.1, -0.05) is 13.0 Å². The van der Waals surface area contributed by atoms with Gasteiger partial charge in [-0.25, -0.2) is 4.98 Å². The first-order chi connectivity index (χ1) is 13.1. The van der Waals surface area contributed by atoms with Crippen molar-refractivity contribution in [2.24, 2.45) is 5.92 Å². The number of hydrogen-bond donors (Lipinski definition) is 1. The van der Waals surface area contributed by atoms with E-state index >= 15 is 0 Å². The summed E-state index contributed by atoms with van der Waals surface area (Å²) in [5.74, 6) is 2.84. The number of hydrogen-bond acceptors (Lipinski definition) is 5. The summed E-state index contributed by atoms with van der Waals surface area (Å²) in [6.45, 7) is 4.68. The Hall–Kier alpha value is -2.76. The summed E-state index contributed by atoms with van der Waals surface area (Å²) in [7, 11) is 3.20. The molecular weight excluding hydrogens is 342 g/mol. The number of anilines is 1. The number of aromatic nitrogens is 1. The highest BCUT2D eigenvalue weighted by molar-refractivity contribution is 5.94. The maximum Gasteiger partial charge on any atom is 0.251 e. The Morgan fingerprint density at radius 1 is 1.15 bits per heavy atom. The topological polar surface area (TPSA) is 63.7 Å². The van der Waals surface area contributed by atoms with Crippen molar-refractivity contribution in [3.05, 3.63) is 47.7 Å². The number of piperidine rings is 1. The molecule has 1 amide bonds. The van der Waals surface area contributed by atoms with Gasteiger partial charge in [0.15, 0.2) is 11.5 Å². The molecular formula is C21H27N3O3. The van der Waals surface area contributed by atoms with Crippen molar-refractivity contribution in [2.75, 3.05) is 32.2 Å². The molecule has 1 aliphatic rings. The van der Waals surface area contributed by atoms with Crippen LogP contribution < -0.4 is 19.7 Å². The summed E-state index contributed by atoms with van der Waals surface area (Å²) in [5.41, 5.74) is 1.57. The summed E-state index contributed by atoms with van der Waals surface area (Å²) in [5, 5.41) is 2.96. The van der Waals surface area contributed by atoms with Crippen molar-refractivity contribution >= 4 is 11.7 Å². The van der Waals surface area contributed by atoms with E-state index in [4.69, 9.17) is 9.47 Å². The molecule has 0 atom stereocenters. The molecule has 6 heteroatoms. The zero-order chi connectivity index (χ0) is 19.2. The van der Waals surface area contributed by atoms with Crippen molar-refractivity contribution in [1.82, 2.24) is 10.3 Å². The van der Waals surface area contributed by atoms with Gasteiger partial charge in [-0.15, -0.1) is 0 Å². The van der Waals surface area contributed by atoms with Gasteiger partial charge in [-0.2, -0.15) is 0 Å². The molecule has 144 valence electrons. The van der Waals surface area contributed by atoms with E-state index in [1.807, 2.05) is 24.3 Å². The normalized spacial score (nSPS) is 14.7. The third-order valence-corrected chi connectivity index (χ3v) is 5.02. The fourth-order valence-corrected chi connectivity index (χ4v) is 3.25. The monoisotopic (exact) mass is 369 g/mol. The summed E-state index contributed by atoms with van der Waals surface area (Å²) in [4.78, 5) is 19.3. The Morgan fingerprint density at radius 3 is 2.59 bits per heavy atom. The predicted octanol–water partition coefficient (Wildman–Crippen LogP) is 3.27. The fourth-order valence-electron chi connectivity index (χ4n) is 3.25. The number of rotatable bonds is 6. The first-order valence-electron chi connectivity index (χ1n) is 9.31. The summed E-state index contributed by atoms with van der Waals surface area (Å²) < 4.78 is 10.5. The van der Waals surface area contributed by atoms with Gasteiger partial charge in [0.1, 0.15) is 5.82 Å². The molecule has 1 fully saturated rings. The van der Waals surface area contributed by atoms with E-state index in [1.54, 1.807) is 26.5 Å². The third-order valence-electron chi connectivity index (χ3n) is 5.02. The zero-order valence-electron chi connectivity index (χ0n) is 16.2. The van der Waals surface area contributed by atoms with Gasteiger partial charge in [0.25, 0.3) is 5.91 Å². The Bertz CT molecular complexity index is 786. The Morgan fingerprint density at radius 2 is 1.89 bits per heavy atom.